The van der Waals surface area contributed by atoms with Crippen LogP contribution in [0.1, 0.15) is 10.4 Å². The number of amides is 1. The van der Waals surface area contributed by atoms with Crippen LogP contribution in [0.25, 0.3) is 0 Å². The predicted molar refractivity (Wildman–Crippen MR) is 75.6 cm³/mol. The maximum absolute atomic E-state index is 13.4. The van der Waals surface area contributed by atoms with E-state index in [1.807, 2.05) is 10.3 Å². The Kier molecular flexibility index (Phi) is 4.56. The molecule has 0 saturated heterocycles. The Labute approximate surface area is 125 Å². The molecule has 0 aliphatic rings. The zero-order chi connectivity index (χ0) is 15.5. The smallest absolute Gasteiger partial charge is 0.269 e. The maximum Gasteiger partial charge on any atom is 0.269 e. The monoisotopic (exact) mass is 328 g/mol. The molecule has 2 N–H and O–H groups in total. The molecule has 0 aliphatic carbocycles. The van der Waals surface area contributed by atoms with E-state index in [9.17, 15) is 17.6 Å². The average Bonchev–Trinajstić information content (AvgIpc) is 2.46. The van der Waals surface area contributed by atoms with Crippen molar-refractivity contribution in [3.63, 3.8) is 0 Å². The third kappa shape index (κ3) is 3.78. The third-order valence-electron chi connectivity index (χ3n) is 2.54. The van der Waals surface area contributed by atoms with Gasteiger partial charge < -0.3 is 0 Å². The normalized spacial score (nSPS) is 11.1. The average molecular weight is 329 g/mol. The Bertz CT molecular complexity index is 763. The van der Waals surface area contributed by atoms with Crippen LogP contribution in [0, 0.1) is 5.82 Å². The summed E-state index contributed by atoms with van der Waals surface area (Å²) in [5.41, 5.74) is 1.68. The van der Waals surface area contributed by atoms with Gasteiger partial charge in [-0.1, -0.05) is 23.7 Å². The van der Waals surface area contributed by atoms with E-state index in [0.29, 0.717) is 5.02 Å². The van der Waals surface area contributed by atoms with E-state index < -0.39 is 21.7 Å². The lowest BCUT2D eigenvalue weighted by atomic mass is 10.2. The van der Waals surface area contributed by atoms with Crippen molar-refractivity contribution < 1.29 is 17.6 Å². The number of sulfonamides is 1. The third-order valence-corrected chi connectivity index (χ3v) is 4.06. The lowest BCUT2D eigenvalue weighted by Gasteiger charge is -2.09. The summed E-state index contributed by atoms with van der Waals surface area (Å²) in [4.78, 5) is 13.5. The first kappa shape index (κ1) is 15.4. The Morgan fingerprint density at radius 3 is 2.29 bits per heavy atom. The van der Waals surface area contributed by atoms with E-state index >= 15 is 0 Å². The first-order chi connectivity index (χ1) is 9.90. The van der Waals surface area contributed by atoms with Crippen molar-refractivity contribution in [2.75, 3.05) is 0 Å². The van der Waals surface area contributed by atoms with Crippen LogP contribution in [-0.2, 0) is 10.0 Å². The number of hydrogen-bond acceptors (Lipinski definition) is 3. The number of hydrazine groups is 1. The molecule has 1 amide bonds. The van der Waals surface area contributed by atoms with E-state index in [1.54, 1.807) is 0 Å². The fourth-order valence-corrected chi connectivity index (χ4v) is 2.46. The van der Waals surface area contributed by atoms with Crippen LogP contribution in [-0.4, -0.2) is 14.3 Å². The van der Waals surface area contributed by atoms with Crippen molar-refractivity contribution >= 4 is 27.5 Å². The number of carbonyl (C=O) groups excluding carboxylic acids is 1. The van der Waals surface area contributed by atoms with Gasteiger partial charge >= 0.3 is 0 Å². The fraction of sp³-hybridized carbons (Fsp3) is 0. The van der Waals surface area contributed by atoms with Gasteiger partial charge in [-0.3, -0.25) is 10.2 Å². The molecule has 8 heteroatoms. The number of carbonyl (C=O) groups is 1. The molecule has 0 bridgehead atoms. The van der Waals surface area contributed by atoms with Gasteiger partial charge in [0.25, 0.3) is 15.9 Å². The highest BCUT2D eigenvalue weighted by molar-refractivity contribution is 7.89. The van der Waals surface area contributed by atoms with Crippen LogP contribution in [0.3, 0.4) is 0 Å². The molecule has 0 aliphatic heterocycles. The molecular weight excluding hydrogens is 319 g/mol. The van der Waals surface area contributed by atoms with E-state index in [0.717, 1.165) is 6.07 Å². The zero-order valence-electron chi connectivity index (χ0n) is 10.5. The van der Waals surface area contributed by atoms with Gasteiger partial charge in [0.1, 0.15) is 5.82 Å². The Balaban J connectivity index is 2.10. The van der Waals surface area contributed by atoms with Gasteiger partial charge in [0.2, 0.25) is 0 Å². The molecule has 0 fully saturated rings. The fourth-order valence-electron chi connectivity index (χ4n) is 1.50. The molecule has 0 spiro atoms. The van der Waals surface area contributed by atoms with Gasteiger partial charge in [-0.2, -0.15) is 0 Å². The summed E-state index contributed by atoms with van der Waals surface area (Å²) in [6, 6.07) is 10.6. The van der Waals surface area contributed by atoms with Crippen LogP contribution >= 0.6 is 11.6 Å². The van der Waals surface area contributed by atoms with E-state index in [-0.39, 0.29) is 10.5 Å². The predicted octanol–water partition coefficient (Wildman–Crippen LogP) is 2.10. The molecule has 2 aromatic rings. The highest BCUT2D eigenvalue weighted by Crippen LogP contribution is 2.13. The van der Waals surface area contributed by atoms with Crippen LogP contribution in [0.5, 0.6) is 0 Å². The van der Waals surface area contributed by atoms with E-state index in [2.05, 4.69) is 0 Å². The van der Waals surface area contributed by atoms with Crippen molar-refractivity contribution in [2.24, 2.45) is 0 Å². The number of benzene rings is 2. The van der Waals surface area contributed by atoms with Gasteiger partial charge in [0.15, 0.2) is 0 Å². The number of rotatable bonds is 4. The number of nitrogens with one attached hydrogen (secondary N) is 2. The largest absolute Gasteiger partial charge is 0.273 e. The Morgan fingerprint density at radius 2 is 1.67 bits per heavy atom. The highest BCUT2D eigenvalue weighted by atomic mass is 35.5. The molecule has 21 heavy (non-hydrogen) atoms. The summed E-state index contributed by atoms with van der Waals surface area (Å²) < 4.78 is 37.2. The van der Waals surface area contributed by atoms with Crippen LogP contribution in [0.15, 0.2) is 53.4 Å². The molecule has 0 radical (unpaired) electrons. The first-order valence-electron chi connectivity index (χ1n) is 5.72. The maximum atomic E-state index is 13.4. The quantitative estimate of drug-likeness (QED) is 0.844. The molecule has 0 heterocycles. The van der Waals surface area contributed by atoms with Crippen LogP contribution < -0.4 is 10.3 Å². The molecule has 2 rings (SSSR count). The second kappa shape index (κ2) is 6.21. The summed E-state index contributed by atoms with van der Waals surface area (Å²) in [6.07, 6.45) is 0. The standard InChI is InChI=1S/C13H10ClFN2O3S/c14-9-5-7-10(8-6-9)21(19,20)17-16-13(18)11-3-1-2-4-12(11)15/h1-8,17H,(H,16,18). The molecular formula is C13H10ClFN2O3S. The topological polar surface area (TPSA) is 75.3 Å². The van der Waals surface area contributed by atoms with Crippen molar-refractivity contribution in [3.05, 3.63) is 64.9 Å². The van der Waals surface area contributed by atoms with E-state index in [1.165, 1.54) is 42.5 Å². The van der Waals surface area contributed by atoms with Crippen molar-refractivity contribution in [3.8, 4) is 0 Å². The second-order valence-electron chi connectivity index (χ2n) is 3.99. The first-order valence-corrected chi connectivity index (χ1v) is 7.58. The molecule has 0 atom stereocenters. The van der Waals surface area contributed by atoms with E-state index in [4.69, 9.17) is 11.6 Å². The summed E-state index contributed by atoms with van der Waals surface area (Å²) in [5.74, 6) is -1.65. The van der Waals surface area contributed by atoms with Gasteiger partial charge in [-0.05, 0) is 36.4 Å². The Hall–Kier alpha value is -1.96. The number of halogens is 2. The lowest BCUT2D eigenvalue weighted by molar-refractivity contribution is 0.0941. The van der Waals surface area contributed by atoms with Crippen molar-refractivity contribution in [1.29, 1.82) is 0 Å². The van der Waals surface area contributed by atoms with Crippen LogP contribution in [0.4, 0.5) is 4.39 Å². The van der Waals surface area contributed by atoms with Crippen molar-refractivity contribution in [2.45, 2.75) is 4.90 Å². The van der Waals surface area contributed by atoms with Gasteiger partial charge in [0, 0.05) is 5.02 Å². The molecule has 5 nitrogen and oxygen atoms in total. The summed E-state index contributed by atoms with van der Waals surface area (Å²) in [7, 11) is -3.96. The number of hydrogen-bond donors (Lipinski definition) is 2. The SMILES string of the molecule is O=C(NNS(=O)(=O)c1ccc(Cl)cc1)c1ccccc1F. The molecule has 2 aromatic carbocycles. The van der Waals surface area contributed by atoms with Crippen molar-refractivity contribution in [1.82, 2.24) is 10.3 Å². The van der Waals surface area contributed by atoms with Gasteiger partial charge in [-0.15, -0.1) is 4.83 Å². The van der Waals surface area contributed by atoms with Crippen LogP contribution in [0.2, 0.25) is 5.02 Å². The zero-order valence-corrected chi connectivity index (χ0v) is 12.1. The molecule has 0 unspecified atom stereocenters. The highest BCUT2D eigenvalue weighted by Gasteiger charge is 2.17. The second-order valence-corrected chi connectivity index (χ2v) is 6.11. The minimum atomic E-state index is -3.96. The lowest BCUT2D eigenvalue weighted by Crippen LogP contribution is -2.41. The molecule has 0 saturated carbocycles. The summed E-state index contributed by atoms with van der Waals surface area (Å²) in [5, 5.41) is 0.379. The molecule has 110 valence electrons. The summed E-state index contributed by atoms with van der Waals surface area (Å²) >= 11 is 5.66. The minimum Gasteiger partial charge on any atom is -0.273 e. The minimum absolute atomic E-state index is 0.0827. The molecule has 0 aromatic heterocycles. The Morgan fingerprint density at radius 1 is 1.05 bits per heavy atom. The van der Waals surface area contributed by atoms with Gasteiger partial charge in [0.05, 0.1) is 10.5 Å². The van der Waals surface area contributed by atoms with Gasteiger partial charge in [-0.25, -0.2) is 12.8 Å². The summed E-state index contributed by atoms with van der Waals surface area (Å²) in [6.45, 7) is 0.